The predicted octanol–water partition coefficient (Wildman–Crippen LogP) is 3.85. The van der Waals surface area contributed by atoms with Gasteiger partial charge in [-0.1, -0.05) is 11.6 Å². The summed E-state index contributed by atoms with van der Waals surface area (Å²) >= 11 is 7.37. The molecule has 3 nitrogen and oxygen atoms in total. The number of nitrogens with one attached hydrogen (secondary N) is 1. The monoisotopic (exact) mass is 293 g/mol. The van der Waals surface area contributed by atoms with Gasteiger partial charge in [-0.2, -0.15) is 0 Å². The molecule has 98 valence electrons. The van der Waals surface area contributed by atoms with Crippen LogP contribution in [0.3, 0.4) is 0 Å². The van der Waals surface area contributed by atoms with Crippen molar-refractivity contribution in [1.29, 1.82) is 0 Å². The van der Waals surface area contributed by atoms with Crippen LogP contribution in [0.4, 0.5) is 5.69 Å². The zero-order valence-electron chi connectivity index (χ0n) is 10.1. The minimum Gasteiger partial charge on any atom is -0.506 e. The lowest BCUT2D eigenvalue weighted by molar-refractivity contribution is 0.103. The summed E-state index contributed by atoms with van der Waals surface area (Å²) in [7, 11) is 0. The third-order valence-corrected chi connectivity index (χ3v) is 4.71. The largest absolute Gasteiger partial charge is 0.506 e. The molecule has 1 aromatic heterocycles. The molecule has 19 heavy (non-hydrogen) atoms. The maximum absolute atomic E-state index is 12.1. The van der Waals surface area contributed by atoms with Gasteiger partial charge in [0.2, 0.25) is 0 Å². The van der Waals surface area contributed by atoms with Gasteiger partial charge in [0.15, 0.2) is 0 Å². The number of thiophene rings is 1. The zero-order valence-corrected chi connectivity index (χ0v) is 11.6. The van der Waals surface area contributed by atoms with Crippen molar-refractivity contribution in [2.45, 2.75) is 19.3 Å². The van der Waals surface area contributed by atoms with E-state index in [2.05, 4.69) is 5.32 Å². The number of aryl methyl sites for hydroxylation is 2. The van der Waals surface area contributed by atoms with Crippen molar-refractivity contribution in [2.24, 2.45) is 0 Å². The second kappa shape index (κ2) is 4.87. The molecule has 0 saturated heterocycles. The van der Waals surface area contributed by atoms with Crippen LogP contribution in [-0.2, 0) is 12.8 Å². The van der Waals surface area contributed by atoms with Crippen molar-refractivity contribution >= 4 is 34.5 Å². The SMILES string of the molecule is O=C(Nc1ccc(O)c(Cl)c1)c1cc2c(s1)CCC2. The van der Waals surface area contributed by atoms with E-state index in [4.69, 9.17) is 11.6 Å². The molecule has 0 radical (unpaired) electrons. The number of hydrogen-bond donors (Lipinski definition) is 2. The summed E-state index contributed by atoms with van der Waals surface area (Å²) in [6, 6.07) is 6.60. The van der Waals surface area contributed by atoms with Crippen molar-refractivity contribution in [3.63, 3.8) is 0 Å². The number of aromatic hydroxyl groups is 1. The van der Waals surface area contributed by atoms with Crippen molar-refractivity contribution < 1.29 is 9.90 Å². The third kappa shape index (κ3) is 2.46. The normalized spacial score (nSPS) is 13.3. The Morgan fingerprint density at radius 2 is 2.16 bits per heavy atom. The Morgan fingerprint density at radius 1 is 1.32 bits per heavy atom. The van der Waals surface area contributed by atoms with E-state index in [0.717, 1.165) is 17.7 Å². The lowest BCUT2D eigenvalue weighted by Crippen LogP contribution is -2.10. The molecule has 0 unspecified atom stereocenters. The second-order valence-electron chi connectivity index (χ2n) is 4.53. The van der Waals surface area contributed by atoms with Crippen LogP contribution in [0.1, 0.15) is 26.5 Å². The fraction of sp³-hybridized carbons (Fsp3) is 0.214. The van der Waals surface area contributed by atoms with Crippen molar-refractivity contribution in [2.75, 3.05) is 5.32 Å². The average Bonchev–Trinajstić information content (AvgIpc) is 2.94. The summed E-state index contributed by atoms with van der Waals surface area (Å²) < 4.78 is 0. The fourth-order valence-corrected chi connectivity index (χ4v) is 3.55. The molecule has 1 aliphatic carbocycles. The first-order valence-electron chi connectivity index (χ1n) is 6.05. The number of hydrogen-bond acceptors (Lipinski definition) is 3. The number of halogens is 1. The van der Waals surface area contributed by atoms with Crippen LogP contribution in [0.2, 0.25) is 5.02 Å². The number of anilines is 1. The molecule has 2 aromatic rings. The Kier molecular flexibility index (Phi) is 3.21. The number of carbonyl (C=O) groups is 1. The molecule has 0 spiro atoms. The first-order chi connectivity index (χ1) is 9.13. The van der Waals surface area contributed by atoms with E-state index in [0.29, 0.717) is 5.69 Å². The number of fused-ring (bicyclic) bond motifs is 1. The van der Waals surface area contributed by atoms with Gasteiger partial charge in [-0.15, -0.1) is 11.3 Å². The predicted molar refractivity (Wildman–Crippen MR) is 77.4 cm³/mol. The number of benzene rings is 1. The minimum atomic E-state index is -0.124. The van der Waals surface area contributed by atoms with Crippen LogP contribution in [0, 0.1) is 0 Å². The Bertz CT molecular complexity index is 629. The molecule has 1 aromatic carbocycles. The molecule has 0 atom stereocenters. The maximum Gasteiger partial charge on any atom is 0.265 e. The smallest absolute Gasteiger partial charge is 0.265 e. The van der Waals surface area contributed by atoms with Gasteiger partial charge >= 0.3 is 0 Å². The highest BCUT2D eigenvalue weighted by Crippen LogP contribution is 2.31. The lowest BCUT2D eigenvalue weighted by atomic mass is 10.2. The van der Waals surface area contributed by atoms with Gasteiger partial charge < -0.3 is 10.4 Å². The standard InChI is InChI=1S/C14H12ClNO2S/c15-10-7-9(4-5-11(10)17)16-14(18)13-6-8-2-1-3-12(8)19-13/h4-7,17H,1-3H2,(H,16,18). The molecule has 5 heteroatoms. The number of carbonyl (C=O) groups excluding carboxylic acids is 1. The Labute approximate surface area is 119 Å². The van der Waals surface area contributed by atoms with Gasteiger partial charge in [0, 0.05) is 10.6 Å². The molecular weight excluding hydrogens is 282 g/mol. The van der Waals surface area contributed by atoms with Crippen LogP contribution in [0.5, 0.6) is 5.75 Å². The Balaban J connectivity index is 1.78. The van der Waals surface area contributed by atoms with Gasteiger partial charge in [0.25, 0.3) is 5.91 Å². The van der Waals surface area contributed by atoms with Gasteiger partial charge in [-0.05, 0) is 49.1 Å². The molecule has 1 aliphatic rings. The average molecular weight is 294 g/mol. The van der Waals surface area contributed by atoms with Crippen LogP contribution in [-0.4, -0.2) is 11.0 Å². The van der Waals surface area contributed by atoms with Gasteiger partial charge in [0.1, 0.15) is 5.75 Å². The van der Waals surface area contributed by atoms with Gasteiger partial charge in [-0.3, -0.25) is 4.79 Å². The highest BCUT2D eigenvalue weighted by atomic mass is 35.5. The molecule has 3 rings (SSSR count). The van der Waals surface area contributed by atoms with Crippen LogP contribution >= 0.6 is 22.9 Å². The first-order valence-corrected chi connectivity index (χ1v) is 7.24. The Hall–Kier alpha value is -1.52. The van der Waals surface area contributed by atoms with E-state index >= 15 is 0 Å². The van der Waals surface area contributed by atoms with Crippen LogP contribution in [0.25, 0.3) is 0 Å². The molecule has 0 saturated carbocycles. The number of amides is 1. The summed E-state index contributed by atoms with van der Waals surface area (Å²) in [6.07, 6.45) is 3.35. The van der Waals surface area contributed by atoms with E-state index in [1.54, 1.807) is 17.4 Å². The quantitative estimate of drug-likeness (QED) is 0.826. The number of phenols is 1. The van der Waals surface area contributed by atoms with E-state index < -0.39 is 0 Å². The number of rotatable bonds is 2. The Morgan fingerprint density at radius 3 is 2.89 bits per heavy atom. The van der Waals surface area contributed by atoms with E-state index in [1.165, 1.54) is 29.0 Å². The van der Waals surface area contributed by atoms with Crippen molar-refractivity contribution in [3.8, 4) is 5.75 Å². The van der Waals surface area contributed by atoms with Crippen LogP contribution < -0.4 is 5.32 Å². The van der Waals surface area contributed by atoms with Gasteiger partial charge in [0.05, 0.1) is 9.90 Å². The topological polar surface area (TPSA) is 49.3 Å². The maximum atomic E-state index is 12.1. The molecule has 0 aliphatic heterocycles. The molecule has 1 amide bonds. The summed E-state index contributed by atoms with van der Waals surface area (Å²) in [6.45, 7) is 0. The summed E-state index contributed by atoms with van der Waals surface area (Å²) in [5.74, 6) is -0.115. The molecule has 2 N–H and O–H groups in total. The zero-order chi connectivity index (χ0) is 13.4. The first kappa shape index (κ1) is 12.5. The molecule has 1 heterocycles. The van der Waals surface area contributed by atoms with Crippen molar-refractivity contribution in [1.82, 2.24) is 0 Å². The molecule has 0 fully saturated rings. The molecular formula is C14H12ClNO2S. The summed E-state index contributed by atoms with van der Waals surface area (Å²) in [4.78, 5) is 14.2. The van der Waals surface area contributed by atoms with Crippen LogP contribution in [0.15, 0.2) is 24.3 Å². The molecule has 0 bridgehead atoms. The summed E-state index contributed by atoms with van der Waals surface area (Å²) in [5, 5.41) is 12.4. The van der Waals surface area contributed by atoms with E-state index in [1.807, 2.05) is 6.07 Å². The second-order valence-corrected chi connectivity index (χ2v) is 6.08. The van der Waals surface area contributed by atoms with Crippen molar-refractivity contribution in [3.05, 3.63) is 44.6 Å². The summed E-state index contributed by atoms with van der Waals surface area (Å²) in [5.41, 5.74) is 1.89. The van der Waals surface area contributed by atoms with Gasteiger partial charge in [-0.25, -0.2) is 0 Å². The lowest BCUT2D eigenvalue weighted by Gasteiger charge is -2.05. The van der Waals surface area contributed by atoms with E-state index in [-0.39, 0.29) is 16.7 Å². The minimum absolute atomic E-state index is 0.00904. The highest BCUT2D eigenvalue weighted by molar-refractivity contribution is 7.14. The third-order valence-electron chi connectivity index (χ3n) is 3.18. The number of phenolic OH excluding ortho intramolecular Hbond substituents is 1. The van der Waals surface area contributed by atoms with E-state index in [9.17, 15) is 9.90 Å². The highest BCUT2D eigenvalue weighted by Gasteiger charge is 2.18. The fourth-order valence-electron chi connectivity index (χ4n) is 2.22.